The highest BCUT2D eigenvalue weighted by molar-refractivity contribution is 7.80. The Morgan fingerprint density at radius 2 is 1.64 bits per heavy atom. The number of hydrogen-bond donors (Lipinski definition) is 0. The molecule has 28 heavy (non-hydrogen) atoms. The van der Waals surface area contributed by atoms with Gasteiger partial charge in [0.15, 0.2) is 5.78 Å². The molecule has 7 heteroatoms. The summed E-state index contributed by atoms with van der Waals surface area (Å²) < 4.78 is 31.8. The topological polar surface area (TPSA) is 83.5 Å². The summed E-state index contributed by atoms with van der Waals surface area (Å²) in [7, 11) is 2.88. The third kappa shape index (κ3) is 4.22. The van der Waals surface area contributed by atoms with Crippen LogP contribution in [0.2, 0.25) is 0 Å². The number of allylic oxidation sites excluding steroid dienone is 1. The van der Waals surface area contributed by atoms with Crippen LogP contribution in [0, 0.1) is 16.7 Å². The summed E-state index contributed by atoms with van der Waals surface area (Å²) in [6, 6.07) is 8.61. The van der Waals surface area contributed by atoms with Gasteiger partial charge in [-0.1, -0.05) is 20.8 Å². The number of hydrogen-bond acceptors (Lipinski definition) is 5. The van der Waals surface area contributed by atoms with Crippen molar-refractivity contribution in [2.45, 2.75) is 33.6 Å². The van der Waals surface area contributed by atoms with Crippen molar-refractivity contribution in [2.75, 3.05) is 28.3 Å². The molecule has 0 spiro atoms. The summed E-state index contributed by atoms with van der Waals surface area (Å²) in [6.45, 7) is 6.70. The van der Waals surface area contributed by atoms with Crippen LogP contribution in [-0.4, -0.2) is 47.0 Å². The van der Waals surface area contributed by atoms with Crippen molar-refractivity contribution in [3.05, 3.63) is 35.4 Å². The first-order valence-corrected chi connectivity index (χ1v) is 10.7. The molecule has 6 nitrogen and oxygen atoms in total. The van der Waals surface area contributed by atoms with Gasteiger partial charge in [-0.05, 0) is 65.7 Å². The molecule has 2 saturated carbocycles. The van der Waals surface area contributed by atoms with Gasteiger partial charge in [0.05, 0.1) is 28.3 Å². The van der Waals surface area contributed by atoms with Crippen molar-refractivity contribution in [1.29, 1.82) is 0 Å². The summed E-state index contributed by atoms with van der Waals surface area (Å²) in [4.78, 5) is 12.9. The number of rotatable bonds is 3. The zero-order valence-electron chi connectivity index (χ0n) is 17.8. The highest BCUT2D eigenvalue weighted by Gasteiger charge is 2.63. The fraction of sp³-hybridized carbons (Fsp3) is 0.571. The number of nitrogens with zero attached hydrogens (tertiary/aromatic N) is 1. The second-order valence-electron chi connectivity index (χ2n) is 9.25. The van der Waals surface area contributed by atoms with Crippen LogP contribution >= 0.6 is 0 Å². The van der Waals surface area contributed by atoms with Gasteiger partial charge in [0.1, 0.15) is 5.69 Å². The second kappa shape index (κ2) is 7.37. The van der Waals surface area contributed by atoms with Crippen molar-refractivity contribution in [3.63, 3.8) is 0 Å². The zero-order valence-corrected chi connectivity index (χ0v) is 18.6. The molecule has 0 heterocycles. The van der Waals surface area contributed by atoms with E-state index in [1.165, 1.54) is 5.69 Å². The Morgan fingerprint density at radius 1 is 1.14 bits per heavy atom. The molecule has 2 atom stereocenters. The maximum Gasteiger partial charge on any atom is 0.217 e. The first kappa shape index (κ1) is 22.7. The van der Waals surface area contributed by atoms with Crippen LogP contribution in [0.4, 0.5) is 5.69 Å². The fourth-order valence-corrected chi connectivity index (χ4v) is 4.29. The molecule has 1 aromatic rings. The van der Waals surface area contributed by atoms with E-state index in [-0.39, 0.29) is 10.8 Å². The average Bonchev–Trinajstić information content (AvgIpc) is 2.88. The number of benzene rings is 1. The first-order valence-electron chi connectivity index (χ1n) is 9.33. The van der Waals surface area contributed by atoms with Crippen LogP contribution in [0.1, 0.15) is 39.2 Å². The summed E-state index contributed by atoms with van der Waals surface area (Å²) in [5, 5.41) is 0. The first-order chi connectivity index (χ1) is 12.6. The maximum absolute atomic E-state index is 12.9. The van der Waals surface area contributed by atoms with E-state index in [2.05, 4.69) is 76.4 Å². The predicted octanol–water partition coefficient (Wildman–Crippen LogP) is 3.38. The lowest BCUT2D eigenvalue weighted by molar-refractivity contribution is -0.125. The van der Waals surface area contributed by atoms with Crippen molar-refractivity contribution in [2.24, 2.45) is 16.7 Å². The summed E-state index contributed by atoms with van der Waals surface area (Å²) in [6.07, 6.45) is 4.33. The van der Waals surface area contributed by atoms with Crippen LogP contribution in [-0.2, 0) is 19.4 Å². The van der Waals surface area contributed by atoms with Gasteiger partial charge < -0.3 is 4.55 Å². The quantitative estimate of drug-likeness (QED) is 0.331. The smallest absolute Gasteiger partial charge is 0.217 e. The average molecular weight is 410 g/mol. The monoisotopic (exact) mass is 409 g/mol. The van der Waals surface area contributed by atoms with Crippen molar-refractivity contribution >= 4 is 27.9 Å². The summed E-state index contributed by atoms with van der Waals surface area (Å²) >= 11 is 0. The molecular formula is C21H31NO5S. The van der Waals surface area contributed by atoms with E-state index in [1.807, 2.05) is 0 Å². The Labute approximate surface area is 168 Å². The van der Waals surface area contributed by atoms with Crippen LogP contribution in [0.5, 0.6) is 0 Å². The Balaban J connectivity index is 0.000000409. The molecule has 0 amide bonds. The van der Waals surface area contributed by atoms with Crippen LogP contribution in [0.15, 0.2) is 29.8 Å². The Morgan fingerprint density at radius 3 is 2.00 bits per heavy atom. The van der Waals surface area contributed by atoms with Crippen molar-refractivity contribution in [1.82, 2.24) is 4.48 Å². The van der Waals surface area contributed by atoms with E-state index >= 15 is 0 Å². The third-order valence-corrected chi connectivity index (χ3v) is 6.97. The van der Waals surface area contributed by atoms with E-state index in [1.54, 1.807) is 0 Å². The maximum atomic E-state index is 12.9. The minimum Gasteiger partial charge on any atom is -0.726 e. The third-order valence-electron chi connectivity index (χ3n) is 6.56. The highest BCUT2D eigenvalue weighted by atomic mass is 32.3. The van der Waals surface area contributed by atoms with Crippen LogP contribution in [0.25, 0.3) is 6.08 Å². The molecule has 156 valence electrons. The number of carbonyl (C=O) groups is 1. The molecule has 2 aliphatic rings. The van der Waals surface area contributed by atoms with Gasteiger partial charge in [0.25, 0.3) is 0 Å². The molecule has 0 saturated heterocycles. The van der Waals surface area contributed by atoms with Gasteiger partial charge >= 0.3 is 0 Å². The molecular weight excluding hydrogens is 378 g/mol. The summed E-state index contributed by atoms with van der Waals surface area (Å²) in [5.41, 5.74) is 3.40. The molecule has 3 rings (SSSR count). The minimum absolute atomic E-state index is 0.0954. The second-order valence-corrected chi connectivity index (χ2v) is 10.4. The molecule has 0 unspecified atom stereocenters. The van der Waals surface area contributed by atoms with E-state index in [9.17, 15) is 17.8 Å². The number of ketones is 1. The van der Waals surface area contributed by atoms with Gasteiger partial charge in [0.2, 0.25) is 10.4 Å². The largest absolute Gasteiger partial charge is 0.726 e. The molecule has 2 bridgehead atoms. The fourth-order valence-electron chi connectivity index (χ4n) is 4.29. The van der Waals surface area contributed by atoms with E-state index in [0.717, 1.165) is 35.6 Å². The lowest BCUT2D eigenvalue weighted by Crippen LogP contribution is -2.34. The number of quaternary nitrogens is 1. The SMILES string of the molecule is CC1(C)[C@H]2CC[C@]1(C)C(=O)/C2=C\c1ccc([N+](C)(C)C)cc1.COS(=O)(=O)[O-]. The Bertz CT molecular complexity index is 878. The lowest BCUT2D eigenvalue weighted by atomic mass is 9.70. The zero-order chi connectivity index (χ0) is 21.5. The number of fused-ring (bicyclic) bond motifs is 2. The normalized spacial score (nSPS) is 27.6. The van der Waals surface area contributed by atoms with Crippen molar-refractivity contribution in [3.8, 4) is 0 Å². The molecule has 0 N–H and O–H groups in total. The Hall–Kier alpha value is -1.54. The minimum atomic E-state index is -4.41. The van der Waals surface area contributed by atoms with Gasteiger partial charge in [-0.25, -0.2) is 8.42 Å². The highest BCUT2D eigenvalue weighted by Crippen LogP contribution is 2.65. The summed E-state index contributed by atoms with van der Waals surface area (Å²) in [5.74, 6) is 0.799. The Kier molecular flexibility index (Phi) is 5.99. The van der Waals surface area contributed by atoms with E-state index in [4.69, 9.17) is 0 Å². The molecule has 0 aromatic heterocycles. The number of carbonyl (C=O) groups excluding carboxylic acids is 1. The molecule has 2 aliphatic carbocycles. The van der Waals surface area contributed by atoms with Gasteiger partial charge in [-0.2, -0.15) is 0 Å². The van der Waals surface area contributed by atoms with E-state index < -0.39 is 10.4 Å². The van der Waals surface area contributed by atoms with Gasteiger partial charge in [-0.15, -0.1) is 0 Å². The van der Waals surface area contributed by atoms with Gasteiger partial charge in [-0.3, -0.25) is 13.5 Å². The van der Waals surface area contributed by atoms with Crippen molar-refractivity contribution < 1.29 is 21.9 Å². The van der Waals surface area contributed by atoms with E-state index in [0.29, 0.717) is 11.7 Å². The van der Waals surface area contributed by atoms with Crippen LogP contribution in [0.3, 0.4) is 0 Å². The number of Topliss-reactive ketones (excluding diaryl/α,β-unsaturated/α-hetero) is 1. The lowest BCUT2D eigenvalue weighted by Gasteiger charge is -2.31. The van der Waals surface area contributed by atoms with Gasteiger partial charge in [0, 0.05) is 5.41 Å². The predicted molar refractivity (Wildman–Crippen MR) is 110 cm³/mol. The standard InChI is InChI=1S/C20H28NO.CH4O4S/c1-19(2)17-11-12-20(19,3)18(22)16(17)13-14-7-9-15(10-8-14)21(4,5)6;1-5-6(2,3)4/h7-10,13,17H,11-12H2,1-6H3;1H3,(H,2,3,4)/q+1;/p-1/b16-13-;/t17-,20+;/m0./s1. The molecule has 0 aliphatic heterocycles. The molecule has 0 radical (unpaired) electrons. The molecule has 2 fully saturated rings. The van der Waals surface area contributed by atoms with Crippen LogP contribution < -0.4 is 4.48 Å². The molecule has 1 aromatic carbocycles.